The second-order valence-corrected chi connectivity index (χ2v) is 6.33. The van der Waals surface area contributed by atoms with Gasteiger partial charge in [0.1, 0.15) is 12.6 Å². The molecule has 0 aliphatic carbocycles. The van der Waals surface area contributed by atoms with Gasteiger partial charge in [0.15, 0.2) is 6.20 Å². The molecular weight excluding hydrogens is 324 g/mol. The van der Waals surface area contributed by atoms with E-state index >= 15 is 0 Å². The van der Waals surface area contributed by atoms with Crippen LogP contribution in [0.5, 0.6) is 0 Å². The van der Waals surface area contributed by atoms with E-state index in [9.17, 15) is 4.79 Å². The normalized spacial score (nSPS) is 13.7. The number of rotatable bonds is 2. The number of hydrogen-bond donors (Lipinski definition) is 1. The van der Waals surface area contributed by atoms with Crippen LogP contribution in [-0.2, 0) is 13.6 Å². The van der Waals surface area contributed by atoms with Crippen molar-refractivity contribution in [1.82, 2.24) is 5.32 Å². The first-order valence-corrected chi connectivity index (χ1v) is 8.64. The molecule has 1 N–H and O–H groups in total. The van der Waals surface area contributed by atoms with Crippen molar-refractivity contribution in [3.63, 3.8) is 0 Å². The van der Waals surface area contributed by atoms with E-state index in [0.717, 1.165) is 41.7 Å². The number of hydrogen-bond acceptors (Lipinski definition) is 3. The zero-order chi connectivity index (χ0) is 17.9. The van der Waals surface area contributed by atoms with Crippen molar-refractivity contribution in [3.05, 3.63) is 75.4 Å². The highest BCUT2D eigenvalue weighted by Crippen LogP contribution is 2.21. The Morgan fingerprint density at radius 3 is 3.04 bits per heavy atom. The van der Waals surface area contributed by atoms with Gasteiger partial charge in [0, 0.05) is 48.7 Å². The average molecular weight is 343 g/mol. The Morgan fingerprint density at radius 2 is 2.15 bits per heavy atom. The monoisotopic (exact) mass is 343 g/mol. The fourth-order valence-electron chi connectivity index (χ4n) is 3.03. The molecule has 26 heavy (non-hydrogen) atoms. The fourth-order valence-corrected chi connectivity index (χ4v) is 3.03. The van der Waals surface area contributed by atoms with E-state index in [1.54, 1.807) is 6.08 Å². The van der Waals surface area contributed by atoms with E-state index in [0.29, 0.717) is 11.1 Å². The lowest BCUT2D eigenvalue weighted by Crippen LogP contribution is -2.30. The molecule has 0 atom stereocenters. The molecule has 1 aliphatic rings. The van der Waals surface area contributed by atoms with Gasteiger partial charge in [0.05, 0.1) is 5.56 Å². The smallest absolute Gasteiger partial charge is 0.343 e. The number of aromatic nitrogens is 1. The van der Waals surface area contributed by atoms with Gasteiger partial charge in [-0.15, -0.1) is 0 Å². The third-order valence-corrected chi connectivity index (χ3v) is 4.48. The number of nitrogens with one attached hydrogen (secondary N) is 1. The van der Waals surface area contributed by atoms with Crippen molar-refractivity contribution in [2.45, 2.75) is 13.0 Å². The number of nitrogens with zero attached hydrogens (tertiary/aromatic N) is 1. The van der Waals surface area contributed by atoms with Crippen molar-refractivity contribution < 1.29 is 8.98 Å². The lowest BCUT2D eigenvalue weighted by molar-refractivity contribution is -0.673. The van der Waals surface area contributed by atoms with Crippen LogP contribution in [0, 0.1) is 11.8 Å². The number of pyridine rings is 1. The number of fused-ring (bicyclic) bond motifs is 2. The molecule has 4 rings (SSSR count). The first-order valence-electron chi connectivity index (χ1n) is 8.64. The highest BCUT2D eigenvalue weighted by Gasteiger charge is 2.09. The number of aryl methyl sites for hydroxylation is 1. The second-order valence-electron chi connectivity index (χ2n) is 6.33. The predicted octanol–water partition coefficient (Wildman–Crippen LogP) is 2.63. The molecule has 4 nitrogen and oxygen atoms in total. The Hall–Kier alpha value is -3.16. The molecule has 0 radical (unpaired) electrons. The van der Waals surface area contributed by atoms with E-state index < -0.39 is 0 Å². The molecule has 0 saturated heterocycles. The molecule has 0 spiro atoms. The molecule has 3 heterocycles. The van der Waals surface area contributed by atoms with Crippen LogP contribution in [0.25, 0.3) is 23.1 Å². The average Bonchev–Trinajstić information content (AvgIpc) is 2.61. The Balaban J connectivity index is 1.78. The van der Waals surface area contributed by atoms with E-state index in [1.165, 1.54) is 0 Å². The van der Waals surface area contributed by atoms with E-state index in [4.69, 9.17) is 4.42 Å². The van der Waals surface area contributed by atoms with Gasteiger partial charge in [-0.3, -0.25) is 0 Å². The van der Waals surface area contributed by atoms with Crippen LogP contribution in [0.3, 0.4) is 0 Å². The van der Waals surface area contributed by atoms with E-state index in [1.807, 2.05) is 54.2 Å². The summed E-state index contributed by atoms with van der Waals surface area (Å²) in [6, 6.07) is 11.7. The second kappa shape index (κ2) is 6.99. The maximum atomic E-state index is 12.4. The highest BCUT2D eigenvalue weighted by atomic mass is 16.4. The summed E-state index contributed by atoms with van der Waals surface area (Å²) >= 11 is 0. The maximum Gasteiger partial charge on any atom is 0.343 e. The quantitative estimate of drug-likeness (QED) is 0.442. The maximum absolute atomic E-state index is 12.4. The molecule has 4 heteroatoms. The molecule has 0 bridgehead atoms. The van der Waals surface area contributed by atoms with Crippen LogP contribution < -0.4 is 15.5 Å². The Bertz CT molecular complexity index is 1130. The van der Waals surface area contributed by atoms with Crippen molar-refractivity contribution in [3.8, 4) is 11.8 Å². The Labute approximate surface area is 151 Å². The molecule has 0 unspecified atom stereocenters. The zero-order valence-corrected chi connectivity index (χ0v) is 14.6. The van der Waals surface area contributed by atoms with Gasteiger partial charge in [-0.2, -0.15) is 0 Å². The van der Waals surface area contributed by atoms with Gasteiger partial charge in [0.2, 0.25) is 5.69 Å². The summed E-state index contributed by atoms with van der Waals surface area (Å²) in [5.74, 6) is 6.31. The first kappa shape index (κ1) is 16.3. The van der Waals surface area contributed by atoms with Crippen molar-refractivity contribution in [2.24, 2.45) is 7.05 Å². The molecule has 1 aliphatic heterocycles. The van der Waals surface area contributed by atoms with Gasteiger partial charge < -0.3 is 9.73 Å². The standard InChI is InChI=1S/C22H19N2O2/c1-24-11-5-3-7-20(24)9-8-17-12-18-13-19-15-23-10-4-2-6-16(19)14-21(18)26-22(17)25/h3,5,7-9,11-14,23H,4,10,15H2,1H3/q+1. The van der Waals surface area contributed by atoms with Crippen LogP contribution in [0.2, 0.25) is 0 Å². The van der Waals surface area contributed by atoms with Gasteiger partial charge in [-0.1, -0.05) is 11.8 Å². The van der Waals surface area contributed by atoms with Crippen molar-refractivity contribution >= 4 is 23.1 Å². The Kier molecular flexibility index (Phi) is 4.39. The van der Waals surface area contributed by atoms with Crippen LogP contribution in [0.4, 0.5) is 0 Å². The molecular formula is C22H19N2O2+. The Morgan fingerprint density at radius 1 is 1.23 bits per heavy atom. The summed E-state index contributed by atoms with van der Waals surface area (Å²) < 4.78 is 7.54. The first-order chi connectivity index (χ1) is 12.7. The summed E-state index contributed by atoms with van der Waals surface area (Å²) in [4.78, 5) is 12.4. The molecule has 0 amide bonds. The van der Waals surface area contributed by atoms with Crippen LogP contribution in [0.15, 0.2) is 51.8 Å². The lowest BCUT2D eigenvalue weighted by Gasteiger charge is -2.10. The third-order valence-electron chi connectivity index (χ3n) is 4.48. The van der Waals surface area contributed by atoms with Gasteiger partial charge in [-0.05, 0) is 35.9 Å². The highest BCUT2D eigenvalue weighted by molar-refractivity contribution is 5.82. The van der Waals surface area contributed by atoms with Crippen molar-refractivity contribution in [1.29, 1.82) is 0 Å². The zero-order valence-electron chi connectivity index (χ0n) is 14.6. The third kappa shape index (κ3) is 3.30. The van der Waals surface area contributed by atoms with Gasteiger partial charge in [0.25, 0.3) is 0 Å². The molecule has 0 saturated carbocycles. The molecule has 0 fully saturated rings. The topological polar surface area (TPSA) is 46.1 Å². The molecule has 1 aromatic carbocycles. The van der Waals surface area contributed by atoms with Gasteiger partial charge in [-0.25, -0.2) is 9.36 Å². The van der Waals surface area contributed by atoms with E-state index in [2.05, 4.69) is 23.2 Å². The molecule has 2 aromatic heterocycles. The minimum absolute atomic E-state index is 0.343. The van der Waals surface area contributed by atoms with Crippen LogP contribution in [-0.4, -0.2) is 6.54 Å². The molecule has 128 valence electrons. The summed E-state index contributed by atoms with van der Waals surface area (Å²) in [5.41, 5.74) is 3.82. The largest absolute Gasteiger partial charge is 0.422 e. The minimum Gasteiger partial charge on any atom is -0.422 e. The number of benzene rings is 1. The summed E-state index contributed by atoms with van der Waals surface area (Å²) in [6.45, 7) is 1.65. The minimum atomic E-state index is -0.343. The molecule has 3 aromatic rings. The van der Waals surface area contributed by atoms with Crippen molar-refractivity contribution in [2.75, 3.05) is 6.54 Å². The predicted molar refractivity (Wildman–Crippen MR) is 102 cm³/mol. The SMILES string of the molecule is C[n+]1ccccc1C=Cc1cc2cc3c(cc2oc1=O)C#CCCNC3. The fraction of sp³-hybridized carbons (Fsp3) is 0.182. The van der Waals surface area contributed by atoms with Crippen LogP contribution >= 0.6 is 0 Å². The summed E-state index contributed by atoms with van der Waals surface area (Å²) in [6.07, 6.45) is 6.50. The summed E-state index contributed by atoms with van der Waals surface area (Å²) in [5, 5.41) is 4.28. The van der Waals surface area contributed by atoms with E-state index in [-0.39, 0.29) is 5.63 Å². The van der Waals surface area contributed by atoms with Gasteiger partial charge >= 0.3 is 5.63 Å². The lowest BCUT2D eigenvalue weighted by atomic mass is 10.0. The summed E-state index contributed by atoms with van der Waals surface area (Å²) in [7, 11) is 1.97. The van der Waals surface area contributed by atoms with Crippen LogP contribution in [0.1, 0.15) is 28.8 Å².